The van der Waals surface area contributed by atoms with Crippen molar-refractivity contribution in [2.24, 2.45) is 5.92 Å². The molecule has 0 radical (unpaired) electrons. The molecule has 9 heteroatoms. The average Bonchev–Trinajstić information content (AvgIpc) is 2.68. The lowest BCUT2D eigenvalue weighted by Gasteiger charge is -2.33. The number of hydrogen-bond donors (Lipinski definition) is 2. The highest BCUT2D eigenvalue weighted by Crippen LogP contribution is 2.25. The molecule has 0 aromatic heterocycles. The van der Waals surface area contributed by atoms with Crippen LogP contribution in [0.25, 0.3) is 0 Å². The van der Waals surface area contributed by atoms with Gasteiger partial charge in [-0.15, -0.1) is 0 Å². The largest absolute Gasteiger partial charge is 0.493 e. The Morgan fingerprint density at radius 1 is 1.19 bits per heavy atom. The molecular weight excluding hydrogens is 410 g/mol. The Labute approximate surface area is 181 Å². The smallest absolute Gasteiger partial charge is 0.410 e. The number of nitrogens with one attached hydrogen (secondary N) is 1. The van der Waals surface area contributed by atoms with Gasteiger partial charge in [-0.25, -0.2) is 13.6 Å². The van der Waals surface area contributed by atoms with Crippen molar-refractivity contribution < 1.29 is 33.0 Å². The van der Waals surface area contributed by atoms with E-state index in [1.165, 1.54) is 0 Å². The zero-order chi connectivity index (χ0) is 23.0. The first-order valence-electron chi connectivity index (χ1n) is 10.6. The Morgan fingerprint density at radius 2 is 1.81 bits per heavy atom. The molecule has 1 saturated heterocycles. The summed E-state index contributed by atoms with van der Waals surface area (Å²) < 4.78 is 39.1. The summed E-state index contributed by atoms with van der Waals surface area (Å²) in [6.45, 7) is 6.70. The molecule has 0 bridgehead atoms. The number of ether oxygens (including phenoxy) is 2. The van der Waals surface area contributed by atoms with E-state index in [9.17, 15) is 18.4 Å². The molecule has 7 nitrogen and oxygen atoms in total. The molecule has 0 aliphatic carbocycles. The molecule has 2 N–H and O–H groups in total. The van der Waals surface area contributed by atoms with E-state index in [0.717, 1.165) is 31.4 Å². The maximum absolute atomic E-state index is 14.1. The highest BCUT2D eigenvalue weighted by Gasteiger charge is 2.26. The van der Waals surface area contributed by atoms with Crippen molar-refractivity contribution in [3.05, 3.63) is 29.3 Å². The van der Waals surface area contributed by atoms with Crippen molar-refractivity contribution in [1.29, 1.82) is 0 Å². The quantitative estimate of drug-likeness (QED) is 0.602. The molecule has 1 fully saturated rings. The molecule has 2 rings (SSSR count). The first-order chi connectivity index (χ1) is 14.6. The van der Waals surface area contributed by atoms with Crippen LogP contribution in [0.3, 0.4) is 0 Å². The zero-order valence-electron chi connectivity index (χ0n) is 18.4. The van der Waals surface area contributed by atoms with E-state index >= 15 is 0 Å². The summed E-state index contributed by atoms with van der Waals surface area (Å²) in [5.74, 6) is -2.48. The van der Waals surface area contributed by atoms with Crippen LogP contribution in [-0.4, -0.2) is 60.5 Å². The van der Waals surface area contributed by atoms with Gasteiger partial charge >= 0.3 is 6.09 Å². The number of benzene rings is 1. The molecule has 1 heterocycles. The molecule has 0 atom stereocenters. The number of carbonyl (C=O) groups excluding carboxylic acids is 2. The standard InChI is InChI=1S/C22H32F2N2O5/c1-22(2,3)31-21(29)26-9-6-15(7-10-26)5-4-12-30-16-13-17(23)19(18(24)14-16)20(28)25-8-11-27/h13-15,27H,4-12H2,1-3H3,(H,25,28). The molecule has 174 valence electrons. The van der Waals surface area contributed by atoms with E-state index in [0.29, 0.717) is 32.0 Å². The van der Waals surface area contributed by atoms with Crippen LogP contribution < -0.4 is 10.1 Å². The van der Waals surface area contributed by atoms with E-state index < -0.39 is 28.7 Å². The first-order valence-corrected chi connectivity index (χ1v) is 10.6. The zero-order valence-corrected chi connectivity index (χ0v) is 18.4. The van der Waals surface area contributed by atoms with Gasteiger partial charge in [0.1, 0.15) is 28.5 Å². The lowest BCUT2D eigenvalue weighted by Crippen LogP contribution is -2.41. The normalized spacial score (nSPS) is 15.0. The number of piperidine rings is 1. The number of amides is 2. The number of likely N-dealkylation sites (tertiary alicyclic amines) is 1. The molecule has 0 saturated carbocycles. The number of hydrogen-bond acceptors (Lipinski definition) is 5. The number of aliphatic hydroxyl groups excluding tert-OH is 1. The van der Waals surface area contributed by atoms with Crippen LogP contribution in [0, 0.1) is 17.6 Å². The summed E-state index contributed by atoms with van der Waals surface area (Å²) >= 11 is 0. The third-order valence-corrected chi connectivity index (χ3v) is 4.93. The van der Waals surface area contributed by atoms with Crippen molar-refractivity contribution in [1.82, 2.24) is 10.2 Å². The number of aliphatic hydroxyl groups is 1. The molecule has 1 aromatic carbocycles. The predicted octanol–water partition coefficient (Wildman–Crippen LogP) is 3.49. The molecule has 2 amide bonds. The Kier molecular flexibility index (Phi) is 9.03. The third-order valence-electron chi connectivity index (χ3n) is 4.93. The van der Waals surface area contributed by atoms with E-state index in [2.05, 4.69) is 5.32 Å². The fourth-order valence-corrected chi connectivity index (χ4v) is 3.40. The van der Waals surface area contributed by atoms with Crippen molar-refractivity contribution in [2.75, 3.05) is 32.8 Å². The minimum atomic E-state index is -1.01. The minimum Gasteiger partial charge on any atom is -0.493 e. The Hall–Kier alpha value is -2.42. The van der Waals surface area contributed by atoms with Crippen molar-refractivity contribution in [3.8, 4) is 5.75 Å². The summed E-state index contributed by atoms with van der Waals surface area (Å²) in [4.78, 5) is 25.6. The molecule has 31 heavy (non-hydrogen) atoms. The van der Waals surface area contributed by atoms with Crippen molar-refractivity contribution in [2.45, 2.75) is 52.1 Å². The van der Waals surface area contributed by atoms with E-state index in [1.807, 2.05) is 20.8 Å². The summed E-state index contributed by atoms with van der Waals surface area (Å²) in [7, 11) is 0. The molecule has 0 spiro atoms. The third kappa shape index (κ3) is 7.97. The van der Waals surface area contributed by atoms with Crippen LogP contribution in [0.2, 0.25) is 0 Å². The van der Waals surface area contributed by atoms with Gasteiger partial charge in [-0.3, -0.25) is 4.79 Å². The fraction of sp³-hybridized carbons (Fsp3) is 0.636. The average molecular weight is 443 g/mol. The highest BCUT2D eigenvalue weighted by molar-refractivity contribution is 5.94. The monoisotopic (exact) mass is 442 g/mol. The molecular formula is C22H32F2N2O5. The summed E-state index contributed by atoms with van der Waals surface area (Å²) in [6, 6.07) is 1.96. The maximum atomic E-state index is 14.1. The molecule has 1 aromatic rings. The SMILES string of the molecule is CC(C)(C)OC(=O)N1CCC(CCCOc2cc(F)c(C(=O)NCCO)c(F)c2)CC1. The van der Waals surface area contributed by atoms with Crippen LogP contribution in [0.15, 0.2) is 12.1 Å². The minimum absolute atomic E-state index is 0.0217. The Morgan fingerprint density at radius 3 is 2.35 bits per heavy atom. The fourth-order valence-electron chi connectivity index (χ4n) is 3.40. The van der Waals surface area contributed by atoms with Crippen LogP contribution in [0.4, 0.5) is 13.6 Å². The van der Waals surface area contributed by atoms with Gasteiger partial charge in [0, 0.05) is 31.8 Å². The van der Waals surface area contributed by atoms with Gasteiger partial charge in [0.2, 0.25) is 0 Å². The number of rotatable bonds is 8. The van der Waals surface area contributed by atoms with Gasteiger partial charge in [0.15, 0.2) is 0 Å². The maximum Gasteiger partial charge on any atom is 0.410 e. The summed E-state index contributed by atoms with van der Waals surface area (Å²) in [6.07, 6.45) is 3.06. The van der Waals surface area contributed by atoms with E-state index in [-0.39, 0.29) is 25.0 Å². The number of carbonyl (C=O) groups is 2. The van der Waals surface area contributed by atoms with E-state index in [4.69, 9.17) is 14.6 Å². The topological polar surface area (TPSA) is 88.1 Å². The second-order valence-electron chi connectivity index (χ2n) is 8.64. The number of halogens is 2. The molecule has 1 aliphatic rings. The van der Waals surface area contributed by atoms with Gasteiger partial charge in [-0.05, 0) is 52.4 Å². The lowest BCUT2D eigenvalue weighted by molar-refractivity contribution is 0.0179. The van der Waals surface area contributed by atoms with Crippen LogP contribution in [0.5, 0.6) is 5.75 Å². The molecule has 1 aliphatic heterocycles. The Balaban J connectivity index is 1.74. The van der Waals surface area contributed by atoms with Crippen molar-refractivity contribution >= 4 is 12.0 Å². The van der Waals surface area contributed by atoms with Gasteiger partial charge < -0.3 is 24.8 Å². The molecule has 0 unspecified atom stereocenters. The lowest BCUT2D eigenvalue weighted by atomic mass is 9.92. The number of nitrogens with zero attached hydrogens (tertiary/aromatic N) is 1. The highest BCUT2D eigenvalue weighted by atomic mass is 19.1. The first kappa shape index (κ1) is 24.8. The van der Waals surface area contributed by atoms with E-state index in [1.54, 1.807) is 4.90 Å². The van der Waals surface area contributed by atoms with Crippen LogP contribution >= 0.6 is 0 Å². The second-order valence-corrected chi connectivity index (χ2v) is 8.64. The van der Waals surface area contributed by atoms with Crippen LogP contribution in [-0.2, 0) is 4.74 Å². The second kappa shape index (κ2) is 11.3. The predicted molar refractivity (Wildman–Crippen MR) is 111 cm³/mol. The van der Waals surface area contributed by atoms with Gasteiger partial charge in [0.05, 0.1) is 13.2 Å². The van der Waals surface area contributed by atoms with Gasteiger partial charge in [-0.2, -0.15) is 0 Å². The van der Waals surface area contributed by atoms with Gasteiger partial charge in [0.25, 0.3) is 5.91 Å². The van der Waals surface area contributed by atoms with Crippen molar-refractivity contribution in [3.63, 3.8) is 0 Å². The summed E-state index contributed by atoms with van der Waals surface area (Å²) in [5, 5.41) is 10.9. The Bertz CT molecular complexity index is 736. The van der Waals surface area contributed by atoms with Gasteiger partial charge in [-0.1, -0.05) is 0 Å². The van der Waals surface area contributed by atoms with Crippen LogP contribution in [0.1, 0.15) is 56.8 Å². The summed E-state index contributed by atoms with van der Waals surface area (Å²) in [5.41, 5.74) is -1.21.